The minimum Gasteiger partial charge on any atom is -0.422 e. The fraction of sp³-hybridized carbons (Fsp3) is 1.00. The van der Waals surface area contributed by atoms with E-state index in [0.717, 1.165) is 6.23 Å². The molecule has 0 bridgehead atoms. The van der Waals surface area contributed by atoms with Gasteiger partial charge in [-0.25, -0.2) is 0 Å². The van der Waals surface area contributed by atoms with Crippen LogP contribution < -0.4 is 0 Å². The Balaban J connectivity index is 3.15. The van der Waals surface area contributed by atoms with E-state index in [0.29, 0.717) is 0 Å². The van der Waals surface area contributed by atoms with Crippen molar-refractivity contribution >= 4 is 18.6 Å². The lowest BCUT2D eigenvalue weighted by molar-refractivity contribution is 0.418. The van der Waals surface area contributed by atoms with Crippen molar-refractivity contribution in [1.29, 1.82) is 0 Å². The van der Waals surface area contributed by atoms with Gasteiger partial charge in [0.15, 0.2) is 0 Å². The van der Waals surface area contributed by atoms with Crippen LogP contribution in [0.3, 0.4) is 0 Å². The van der Waals surface area contributed by atoms with E-state index in [9.17, 15) is 0 Å². The summed E-state index contributed by atoms with van der Waals surface area (Å²) in [6.45, 7) is 6.77. The highest BCUT2D eigenvalue weighted by Crippen LogP contribution is 1.97. The first kappa shape index (κ1) is 7.39. The number of hydrogen-bond donors (Lipinski definition) is 0. The quantitative estimate of drug-likeness (QED) is 0.507. The first-order valence-corrected chi connectivity index (χ1v) is 6.46. The van der Waals surface area contributed by atoms with Crippen LogP contribution in [0.4, 0.5) is 0 Å². The highest BCUT2D eigenvalue weighted by Gasteiger charge is 2.10. The molecule has 0 aliphatic carbocycles. The van der Waals surface area contributed by atoms with Crippen molar-refractivity contribution in [2.75, 3.05) is 6.23 Å². The van der Waals surface area contributed by atoms with Gasteiger partial charge in [-0.05, 0) is 0 Å². The molecule has 0 saturated carbocycles. The van der Waals surface area contributed by atoms with Gasteiger partial charge >= 0.3 is 0 Å². The van der Waals surface area contributed by atoms with Crippen LogP contribution >= 0.6 is 0 Å². The first-order chi connectivity index (χ1) is 3.06. The molecule has 41 valence electrons. The molecular formula is C4H11OSi2. The smallest absolute Gasteiger partial charge is 0.245 e. The fourth-order valence-electron chi connectivity index (χ4n) is 0.217. The predicted molar refractivity (Wildman–Crippen MR) is 35.1 cm³/mol. The van der Waals surface area contributed by atoms with E-state index in [1.54, 1.807) is 0 Å². The molecule has 0 amide bonds. The molecule has 0 rings (SSSR count). The van der Waals surface area contributed by atoms with E-state index in [1.165, 1.54) is 0 Å². The maximum atomic E-state index is 4.77. The second-order valence-corrected chi connectivity index (χ2v) is 8.55. The average Bonchev–Trinajstić information content (AvgIpc) is 1.30. The van der Waals surface area contributed by atoms with Crippen molar-refractivity contribution in [3.63, 3.8) is 0 Å². The summed E-state index contributed by atoms with van der Waals surface area (Å²) in [5.74, 6) is 0. The molecule has 0 saturated heterocycles. The summed E-state index contributed by atoms with van der Waals surface area (Å²) in [4.78, 5) is 0. The van der Waals surface area contributed by atoms with Gasteiger partial charge in [0.25, 0.3) is 0 Å². The Morgan fingerprint density at radius 1 is 1.43 bits per heavy atom. The van der Waals surface area contributed by atoms with Crippen LogP contribution in [0, 0.1) is 0 Å². The summed E-state index contributed by atoms with van der Waals surface area (Å²) >= 11 is 0. The molecule has 3 radical (unpaired) electrons. The van der Waals surface area contributed by atoms with Gasteiger partial charge in [-0.1, -0.05) is 19.6 Å². The summed E-state index contributed by atoms with van der Waals surface area (Å²) in [6, 6.07) is 0. The Hall–Kier alpha value is 0.394. The third kappa shape index (κ3) is 6.39. The van der Waals surface area contributed by atoms with E-state index >= 15 is 0 Å². The lowest BCUT2D eigenvalue weighted by atomic mass is 11.7. The summed E-state index contributed by atoms with van der Waals surface area (Å²) in [5, 5.41) is 0. The van der Waals surface area contributed by atoms with Crippen molar-refractivity contribution in [1.82, 2.24) is 0 Å². The van der Waals surface area contributed by atoms with Crippen LogP contribution in [-0.2, 0) is 4.43 Å². The minimum atomic E-state index is -0.928. The molecule has 0 fully saturated rings. The summed E-state index contributed by atoms with van der Waals surface area (Å²) in [6.07, 6.45) is 0.893. The van der Waals surface area contributed by atoms with E-state index in [1.807, 2.05) is 0 Å². The molecule has 0 N–H and O–H groups in total. The van der Waals surface area contributed by atoms with Crippen LogP contribution in [0.5, 0.6) is 0 Å². The van der Waals surface area contributed by atoms with Gasteiger partial charge in [0.05, 0.1) is 8.07 Å². The molecule has 0 spiro atoms. The standard InChI is InChI=1S/C4H11OSi2/c1-7(2,3)4-5-6/h4H2,1-3H3. The largest absolute Gasteiger partial charge is 0.422 e. The Bertz CT molecular complexity index is 48.1. The summed E-state index contributed by atoms with van der Waals surface area (Å²) in [5.41, 5.74) is 0. The zero-order chi connectivity index (χ0) is 5.91. The monoisotopic (exact) mass is 131 g/mol. The van der Waals surface area contributed by atoms with Gasteiger partial charge in [0.1, 0.15) is 0 Å². The lowest BCUT2D eigenvalue weighted by Crippen LogP contribution is -2.27. The van der Waals surface area contributed by atoms with E-state index in [-0.39, 0.29) is 0 Å². The molecule has 3 heteroatoms. The van der Waals surface area contributed by atoms with Gasteiger partial charge in [-0.3, -0.25) is 0 Å². The van der Waals surface area contributed by atoms with E-state index < -0.39 is 8.07 Å². The van der Waals surface area contributed by atoms with E-state index in [2.05, 4.69) is 30.1 Å². The summed E-state index contributed by atoms with van der Waals surface area (Å²) in [7, 11) is 2.03. The minimum absolute atomic E-state index is 0.893. The number of rotatable bonds is 2. The third-order valence-corrected chi connectivity index (χ3v) is 1.95. The van der Waals surface area contributed by atoms with Crippen molar-refractivity contribution in [2.24, 2.45) is 0 Å². The average molecular weight is 131 g/mol. The molecule has 0 heterocycles. The molecule has 1 nitrogen and oxygen atoms in total. The van der Waals surface area contributed by atoms with Crippen LogP contribution in [0.15, 0.2) is 0 Å². The Labute approximate surface area is 49.6 Å². The van der Waals surface area contributed by atoms with Crippen LogP contribution in [-0.4, -0.2) is 24.8 Å². The Morgan fingerprint density at radius 2 is 1.86 bits per heavy atom. The van der Waals surface area contributed by atoms with Crippen molar-refractivity contribution in [3.8, 4) is 0 Å². The SMILES string of the molecule is C[Si](C)(C)CO[Si]. The van der Waals surface area contributed by atoms with Crippen LogP contribution in [0.2, 0.25) is 19.6 Å². The van der Waals surface area contributed by atoms with Crippen LogP contribution in [0.1, 0.15) is 0 Å². The zero-order valence-electron chi connectivity index (χ0n) is 5.12. The lowest BCUT2D eigenvalue weighted by Gasteiger charge is -2.12. The molecular weight excluding hydrogens is 120 g/mol. The molecule has 0 aromatic carbocycles. The highest BCUT2D eigenvalue weighted by molar-refractivity contribution is 6.76. The highest BCUT2D eigenvalue weighted by atomic mass is 28.3. The van der Waals surface area contributed by atoms with Gasteiger partial charge in [-0.2, -0.15) is 0 Å². The molecule has 7 heavy (non-hydrogen) atoms. The summed E-state index contributed by atoms with van der Waals surface area (Å²) < 4.78 is 4.77. The topological polar surface area (TPSA) is 9.23 Å². The van der Waals surface area contributed by atoms with Gasteiger partial charge in [-0.15, -0.1) is 0 Å². The molecule has 0 aliphatic rings. The van der Waals surface area contributed by atoms with Crippen molar-refractivity contribution in [3.05, 3.63) is 0 Å². The molecule has 0 aromatic rings. The second kappa shape index (κ2) is 2.64. The third-order valence-electron chi connectivity index (χ3n) is 0.505. The molecule has 0 atom stereocenters. The Kier molecular flexibility index (Phi) is 2.79. The van der Waals surface area contributed by atoms with E-state index in [4.69, 9.17) is 4.43 Å². The number of hydrogen-bond acceptors (Lipinski definition) is 1. The van der Waals surface area contributed by atoms with Crippen molar-refractivity contribution < 1.29 is 4.43 Å². The van der Waals surface area contributed by atoms with Gasteiger partial charge in [0.2, 0.25) is 10.5 Å². The maximum absolute atomic E-state index is 4.77. The molecule has 0 unspecified atom stereocenters. The predicted octanol–water partition coefficient (Wildman–Crippen LogP) is 0.964. The zero-order valence-corrected chi connectivity index (χ0v) is 7.12. The molecule has 0 aromatic heterocycles. The Morgan fingerprint density at radius 3 is 1.86 bits per heavy atom. The molecule has 0 aliphatic heterocycles. The maximum Gasteiger partial charge on any atom is 0.245 e. The first-order valence-electron chi connectivity index (χ1n) is 2.35. The second-order valence-electron chi connectivity index (χ2n) is 2.85. The van der Waals surface area contributed by atoms with Gasteiger partial charge in [0, 0.05) is 6.23 Å². The fourth-order valence-corrected chi connectivity index (χ4v) is 1.95. The van der Waals surface area contributed by atoms with Gasteiger partial charge < -0.3 is 4.43 Å². The van der Waals surface area contributed by atoms with Crippen LogP contribution in [0.25, 0.3) is 0 Å². The van der Waals surface area contributed by atoms with Crippen molar-refractivity contribution in [2.45, 2.75) is 19.6 Å². The normalized spacial score (nSPS) is 12.0.